The summed E-state index contributed by atoms with van der Waals surface area (Å²) in [6, 6.07) is 10.2. The molecular formula is C25H29N5O4. The van der Waals surface area contributed by atoms with Crippen molar-refractivity contribution in [2.45, 2.75) is 56.5 Å². The number of carbonyl (C=O) groups is 2. The second-order valence-electron chi connectivity index (χ2n) is 9.26. The van der Waals surface area contributed by atoms with Gasteiger partial charge in [0.2, 0.25) is 0 Å². The van der Waals surface area contributed by atoms with Crippen LogP contribution in [0, 0.1) is 0 Å². The summed E-state index contributed by atoms with van der Waals surface area (Å²) in [4.78, 5) is 46.9. The van der Waals surface area contributed by atoms with Crippen LogP contribution in [0.1, 0.15) is 56.0 Å². The van der Waals surface area contributed by atoms with E-state index >= 15 is 0 Å². The maximum absolute atomic E-state index is 12.9. The molecule has 0 spiro atoms. The molecule has 9 nitrogen and oxygen atoms in total. The van der Waals surface area contributed by atoms with Crippen molar-refractivity contribution in [3.05, 3.63) is 58.6 Å². The summed E-state index contributed by atoms with van der Waals surface area (Å²) in [5.41, 5.74) is 2.29. The van der Waals surface area contributed by atoms with E-state index in [2.05, 4.69) is 15.3 Å². The van der Waals surface area contributed by atoms with Gasteiger partial charge in [-0.05, 0) is 67.9 Å². The number of aromatic amines is 1. The van der Waals surface area contributed by atoms with E-state index in [0.717, 1.165) is 23.9 Å². The van der Waals surface area contributed by atoms with Gasteiger partial charge in [0.1, 0.15) is 5.75 Å². The molecule has 1 unspecified atom stereocenters. The van der Waals surface area contributed by atoms with E-state index in [1.54, 1.807) is 27.8 Å². The maximum atomic E-state index is 12.9. The molecule has 0 radical (unpaired) electrons. The van der Waals surface area contributed by atoms with Crippen molar-refractivity contribution in [2.75, 3.05) is 13.1 Å². The monoisotopic (exact) mass is 463 g/mol. The van der Waals surface area contributed by atoms with Crippen molar-refractivity contribution in [1.29, 1.82) is 0 Å². The third-order valence-electron chi connectivity index (χ3n) is 7.20. The number of phenols is 1. The number of nitrogens with one attached hydrogen (secondary N) is 2. The fraction of sp³-hybridized carbons (Fsp3) is 0.440. The van der Waals surface area contributed by atoms with Gasteiger partial charge in [-0.15, -0.1) is 0 Å². The SMILES string of the molecule is O=C1CCC(c2ccc(O)cc2)CC[C@H]1NC(=O)N1CCC(n2c(=O)[nH]c3ncccc32)CC1. The fourth-order valence-electron chi connectivity index (χ4n) is 5.28. The van der Waals surface area contributed by atoms with Gasteiger partial charge in [0, 0.05) is 31.7 Å². The molecule has 3 heterocycles. The van der Waals surface area contributed by atoms with Crippen LogP contribution >= 0.6 is 0 Å². The van der Waals surface area contributed by atoms with Gasteiger partial charge in [0.15, 0.2) is 11.4 Å². The lowest BCUT2D eigenvalue weighted by Gasteiger charge is -2.33. The molecule has 0 bridgehead atoms. The number of benzene rings is 1. The number of likely N-dealkylation sites (tertiary alicyclic amines) is 1. The topological polar surface area (TPSA) is 120 Å². The number of nitrogens with zero attached hydrogens (tertiary/aromatic N) is 3. The summed E-state index contributed by atoms with van der Waals surface area (Å²) in [7, 11) is 0. The Morgan fingerprint density at radius 3 is 2.56 bits per heavy atom. The van der Waals surface area contributed by atoms with E-state index in [4.69, 9.17) is 0 Å². The van der Waals surface area contributed by atoms with Crippen molar-refractivity contribution < 1.29 is 14.7 Å². The Labute approximate surface area is 196 Å². The molecule has 3 N–H and O–H groups in total. The number of rotatable bonds is 3. The maximum Gasteiger partial charge on any atom is 0.327 e. The number of fused-ring (bicyclic) bond motifs is 1. The summed E-state index contributed by atoms with van der Waals surface area (Å²) >= 11 is 0. The van der Waals surface area contributed by atoms with Crippen LogP contribution in [0.2, 0.25) is 0 Å². The third-order valence-corrected chi connectivity index (χ3v) is 7.20. The molecule has 9 heteroatoms. The Bertz CT molecular complexity index is 1240. The summed E-state index contributed by atoms with van der Waals surface area (Å²) in [6.45, 7) is 1.04. The number of urea groups is 1. The molecule has 1 aliphatic heterocycles. The highest BCUT2D eigenvalue weighted by atomic mass is 16.3. The van der Waals surface area contributed by atoms with Crippen molar-refractivity contribution >= 4 is 23.0 Å². The largest absolute Gasteiger partial charge is 0.508 e. The van der Waals surface area contributed by atoms with Crippen LogP contribution < -0.4 is 11.0 Å². The summed E-state index contributed by atoms with van der Waals surface area (Å²) in [6.07, 6.45) is 5.56. The number of hydrogen-bond donors (Lipinski definition) is 3. The van der Waals surface area contributed by atoms with E-state index in [9.17, 15) is 19.5 Å². The number of Topliss-reactive ketones (excluding diaryl/α,β-unsaturated/α-hetero) is 1. The first kappa shape index (κ1) is 22.2. The van der Waals surface area contributed by atoms with Gasteiger partial charge in [-0.3, -0.25) is 14.3 Å². The van der Waals surface area contributed by atoms with E-state index < -0.39 is 6.04 Å². The average Bonchev–Trinajstić information content (AvgIpc) is 3.08. The Hall–Kier alpha value is -3.62. The quantitative estimate of drug-likeness (QED) is 0.516. The second-order valence-corrected chi connectivity index (χ2v) is 9.26. The molecule has 2 atom stereocenters. The first-order valence-corrected chi connectivity index (χ1v) is 11.9. The number of hydrogen-bond acceptors (Lipinski definition) is 5. The van der Waals surface area contributed by atoms with Crippen LogP contribution in [0.3, 0.4) is 0 Å². The molecule has 1 aromatic carbocycles. The zero-order chi connectivity index (χ0) is 23.7. The molecule has 1 saturated heterocycles. The molecule has 2 aliphatic rings. The van der Waals surface area contributed by atoms with Crippen molar-refractivity contribution in [2.24, 2.45) is 0 Å². The first-order chi connectivity index (χ1) is 16.5. The Kier molecular flexibility index (Phi) is 6.08. The lowest BCUT2D eigenvalue weighted by Crippen LogP contribution is -2.50. The summed E-state index contributed by atoms with van der Waals surface area (Å²) in [5, 5.41) is 12.5. The molecule has 5 rings (SSSR count). The summed E-state index contributed by atoms with van der Waals surface area (Å²) < 4.78 is 1.75. The number of carbonyl (C=O) groups excluding carboxylic acids is 2. The van der Waals surface area contributed by atoms with Gasteiger partial charge in [-0.2, -0.15) is 0 Å². The van der Waals surface area contributed by atoms with Crippen molar-refractivity contribution in [3.63, 3.8) is 0 Å². The van der Waals surface area contributed by atoms with Crippen LogP contribution in [-0.2, 0) is 4.79 Å². The van der Waals surface area contributed by atoms with Crippen molar-refractivity contribution in [1.82, 2.24) is 24.8 Å². The van der Waals surface area contributed by atoms with E-state index in [-0.39, 0.29) is 35.2 Å². The Morgan fingerprint density at radius 2 is 1.79 bits per heavy atom. The number of pyridine rings is 1. The molecule has 34 heavy (non-hydrogen) atoms. The normalized spacial score (nSPS) is 22.0. The van der Waals surface area contributed by atoms with E-state index in [1.807, 2.05) is 24.3 Å². The van der Waals surface area contributed by atoms with Crippen LogP contribution in [0.25, 0.3) is 11.2 Å². The Balaban J connectivity index is 1.18. The number of phenolic OH excluding ortho intramolecular Hbond substituents is 1. The van der Waals surface area contributed by atoms with Gasteiger partial charge in [0.05, 0.1) is 11.6 Å². The molecule has 1 saturated carbocycles. The molecule has 2 aromatic heterocycles. The van der Waals surface area contributed by atoms with Gasteiger partial charge in [-0.1, -0.05) is 12.1 Å². The van der Waals surface area contributed by atoms with Crippen LogP contribution in [-0.4, -0.2) is 55.5 Å². The number of H-pyrrole nitrogens is 1. The number of ketones is 1. The van der Waals surface area contributed by atoms with Crippen LogP contribution in [0.5, 0.6) is 5.75 Å². The molecule has 2 fully saturated rings. The smallest absolute Gasteiger partial charge is 0.327 e. The van der Waals surface area contributed by atoms with Gasteiger partial charge in [0.25, 0.3) is 0 Å². The predicted molar refractivity (Wildman–Crippen MR) is 127 cm³/mol. The number of piperidine rings is 1. The molecule has 2 amide bonds. The minimum Gasteiger partial charge on any atom is -0.508 e. The highest BCUT2D eigenvalue weighted by Gasteiger charge is 2.31. The number of aromatic hydroxyl groups is 1. The third kappa shape index (κ3) is 4.42. The molecule has 178 valence electrons. The number of amides is 2. The van der Waals surface area contributed by atoms with Gasteiger partial charge >= 0.3 is 11.7 Å². The van der Waals surface area contributed by atoms with Gasteiger partial charge < -0.3 is 15.3 Å². The average molecular weight is 464 g/mol. The highest BCUT2D eigenvalue weighted by Crippen LogP contribution is 2.32. The van der Waals surface area contributed by atoms with Crippen LogP contribution in [0.15, 0.2) is 47.4 Å². The summed E-state index contributed by atoms with van der Waals surface area (Å²) in [5.74, 6) is 0.544. The molecule has 3 aromatic rings. The molecule has 1 aliphatic carbocycles. The minimum atomic E-state index is -0.477. The lowest BCUT2D eigenvalue weighted by molar-refractivity contribution is -0.120. The highest BCUT2D eigenvalue weighted by molar-refractivity contribution is 5.88. The zero-order valence-corrected chi connectivity index (χ0v) is 18.9. The molecular weight excluding hydrogens is 434 g/mol. The second kappa shape index (κ2) is 9.32. The van der Waals surface area contributed by atoms with E-state index in [1.165, 1.54) is 0 Å². The van der Waals surface area contributed by atoms with E-state index in [0.29, 0.717) is 44.4 Å². The van der Waals surface area contributed by atoms with Crippen molar-refractivity contribution in [3.8, 4) is 5.75 Å². The van der Waals surface area contributed by atoms with Crippen LogP contribution in [0.4, 0.5) is 4.79 Å². The number of imidazole rings is 1. The lowest BCUT2D eigenvalue weighted by atomic mass is 9.92. The first-order valence-electron chi connectivity index (χ1n) is 11.9. The zero-order valence-electron chi connectivity index (χ0n) is 18.9. The fourth-order valence-corrected chi connectivity index (χ4v) is 5.28. The Morgan fingerprint density at radius 1 is 1.03 bits per heavy atom. The number of aromatic nitrogens is 3. The minimum absolute atomic E-state index is 0.0000739. The van der Waals surface area contributed by atoms with Gasteiger partial charge in [-0.25, -0.2) is 14.6 Å². The predicted octanol–water partition coefficient (Wildman–Crippen LogP) is 3.07. The standard InChI is InChI=1S/C25H29N5O4/c31-19-7-3-16(4-8-19)17-5-9-20(22(32)10-6-17)27-24(33)29-14-11-18(12-15-29)30-21-2-1-13-26-23(21)28-25(30)34/h1-4,7-8,13,17-18,20,31H,5-6,9-12,14-15H2,(H,27,33)(H,26,28,34)/t17?,20-/m1/s1.